The van der Waals surface area contributed by atoms with Gasteiger partial charge in [-0.15, -0.1) is 11.6 Å². The Kier molecular flexibility index (Phi) is 14.0. The molecule has 9 heteroatoms. The number of nitrogen functional groups attached to an aromatic ring is 1. The van der Waals surface area contributed by atoms with Crippen molar-refractivity contribution >= 4 is 61.2 Å². The van der Waals surface area contributed by atoms with Gasteiger partial charge in [0.05, 0.1) is 5.88 Å². The number of nitrogens with two attached hydrogens (primary N) is 1. The molecule has 0 spiro atoms. The first-order valence-corrected chi connectivity index (χ1v) is 9.16. The molecule has 0 saturated heterocycles. The van der Waals surface area contributed by atoms with Crippen LogP contribution in [0.5, 0.6) is 0 Å². The van der Waals surface area contributed by atoms with Crippen molar-refractivity contribution in [2.24, 2.45) is 0 Å². The standard InChI is InChI=1S/C7H5BrN2.C5H5BrN2.C2H3ClO.C2H6O/c8-6-1-2-7-9-3-4-10(7)5-6;6-4-1-2-5(7)8-3-4;3-1-2-4;1-2-3/h1-5H;1-3H,(H2,7,8);2H,1H2;3H,2H2,1H3. The van der Waals surface area contributed by atoms with Crippen LogP contribution < -0.4 is 5.73 Å². The van der Waals surface area contributed by atoms with Gasteiger partial charge in [-0.3, -0.25) is 0 Å². The highest BCUT2D eigenvalue weighted by molar-refractivity contribution is 9.10. The van der Waals surface area contributed by atoms with Crippen LogP contribution in [0.1, 0.15) is 6.92 Å². The molecule has 3 heterocycles. The van der Waals surface area contributed by atoms with Gasteiger partial charge in [0.25, 0.3) is 0 Å². The van der Waals surface area contributed by atoms with Crippen LogP contribution in [0.4, 0.5) is 5.82 Å². The minimum Gasteiger partial charge on any atom is -0.397 e. The number of imidazole rings is 1. The van der Waals surface area contributed by atoms with Gasteiger partial charge in [0.15, 0.2) is 0 Å². The highest BCUT2D eigenvalue weighted by Gasteiger charge is 1.91. The second-order valence-corrected chi connectivity index (χ2v) is 6.22. The van der Waals surface area contributed by atoms with E-state index in [1.165, 1.54) is 0 Å². The van der Waals surface area contributed by atoms with Crippen LogP contribution >= 0.6 is 43.5 Å². The lowest BCUT2D eigenvalue weighted by Crippen LogP contribution is -1.86. The van der Waals surface area contributed by atoms with Gasteiger partial charge in [0.2, 0.25) is 0 Å². The topological polar surface area (TPSA) is 93.5 Å². The lowest BCUT2D eigenvalue weighted by molar-refractivity contribution is -0.105. The van der Waals surface area contributed by atoms with Crippen LogP contribution in [0.15, 0.2) is 58.0 Å². The van der Waals surface area contributed by atoms with Crippen LogP contribution in [0, 0.1) is 0 Å². The fourth-order valence-electron chi connectivity index (χ4n) is 1.28. The normalized spacial score (nSPS) is 8.84. The van der Waals surface area contributed by atoms with Crippen molar-refractivity contribution < 1.29 is 9.90 Å². The molecule has 0 saturated carbocycles. The van der Waals surface area contributed by atoms with Gasteiger partial charge < -0.3 is 20.0 Å². The number of alkyl halides is 1. The second-order valence-electron chi connectivity index (χ2n) is 4.08. The maximum atomic E-state index is 9.04. The summed E-state index contributed by atoms with van der Waals surface area (Å²) in [7, 11) is 0. The number of aliphatic hydroxyl groups is 1. The summed E-state index contributed by atoms with van der Waals surface area (Å²) >= 11 is 11.4. The van der Waals surface area contributed by atoms with Crippen LogP contribution in [0.2, 0.25) is 0 Å². The zero-order chi connectivity index (χ0) is 19.1. The van der Waals surface area contributed by atoms with E-state index in [1.807, 2.05) is 35.0 Å². The Morgan fingerprint density at radius 1 is 1.24 bits per heavy atom. The summed E-state index contributed by atoms with van der Waals surface area (Å²) in [5.41, 5.74) is 6.27. The Morgan fingerprint density at radius 3 is 2.32 bits per heavy atom. The molecule has 0 atom stereocenters. The van der Waals surface area contributed by atoms with Crippen LogP contribution in [-0.2, 0) is 4.79 Å². The lowest BCUT2D eigenvalue weighted by atomic mass is 10.5. The van der Waals surface area contributed by atoms with E-state index in [1.54, 1.807) is 25.4 Å². The number of fused-ring (bicyclic) bond motifs is 1. The van der Waals surface area contributed by atoms with Gasteiger partial charge in [-0.1, -0.05) is 0 Å². The third kappa shape index (κ3) is 11.7. The zero-order valence-electron chi connectivity index (χ0n) is 13.5. The Morgan fingerprint density at radius 2 is 1.84 bits per heavy atom. The molecule has 0 aliphatic rings. The monoisotopic (exact) mass is 492 g/mol. The smallest absolute Gasteiger partial charge is 0.136 e. The summed E-state index contributed by atoms with van der Waals surface area (Å²) in [6.07, 6.45) is 7.97. The first-order valence-electron chi connectivity index (χ1n) is 7.04. The molecule has 0 aliphatic heterocycles. The van der Waals surface area contributed by atoms with Crippen molar-refractivity contribution in [3.63, 3.8) is 0 Å². The van der Waals surface area contributed by atoms with Gasteiger partial charge in [0.1, 0.15) is 17.8 Å². The average Bonchev–Trinajstić information content (AvgIpc) is 3.06. The van der Waals surface area contributed by atoms with E-state index >= 15 is 0 Å². The number of hydrogen-bond acceptors (Lipinski definition) is 5. The number of carbonyl (C=O) groups excluding carboxylic acids is 1. The molecular formula is C16H19Br2ClN4O2. The van der Waals surface area contributed by atoms with Gasteiger partial charge in [0, 0.05) is 40.3 Å². The molecule has 6 nitrogen and oxygen atoms in total. The predicted molar refractivity (Wildman–Crippen MR) is 109 cm³/mol. The fourth-order valence-corrected chi connectivity index (χ4v) is 1.87. The van der Waals surface area contributed by atoms with E-state index in [0.717, 1.165) is 14.6 Å². The highest BCUT2D eigenvalue weighted by Crippen LogP contribution is 2.10. The number of hydrogen-bond donors (Lipinski definition) is 2. The van der Waals surface area contributed by atoms with Crippen LogP contribution in [0.25, 0.3) is 5.65 Å². The first-order chi connectivity index (χ1) is 12.0. The molecule has 0 radical (unpaired) electrons. The molecule has 0 bridgehead atoms. The van der Waals surface area contributed by atoms with Gasteiger partial charge >= 0.3 is 0 Å². The third-order valence-corrected chi connectivity index (χ3v) is 3.23. The fraction of sp³-hybridized carbons (Fsp3) is 0.188. The number of aldehydes is 1. The number of nitrogens with zero attached hydrogens (tertiary/aromatic N) is 3. The number of aliphatic hydroxyl groups excluding tert-OH is 1. The quantitative estimate of drug-likeness (QED) is 0.395. The van der Waals surface area contributed by atoms with E-state index in [2.05, 4.69) is 41.8 Å². The summed E-state index contributed by atoms with van der Waals surface area (Å²) in [5.74, 6) is 0.660. The molecule has 0 aliphatic carbocycles. The number of halogens is 3. The van der Waals surface area contributed by atoms with Crippen molar-refractivity contribution in [2.45, 2.75) is 6.92 Å². The van der Waals surface area contributed by atoms with Crippen molar-refractivity contribution in [3.05, 3.63) is 58.0 Å². The Labute approximate surface area is 168 Å². The predicted octanol–water partition coefficient (Wildman–Crippen LogP) is 3.95. The van der Waals surface area contributed by atoms with E-state index in [0.29, 0.717) is 12.1 Å². The molecule has 3 aromatic heterocycles. The number of aromatic nitrogens is 3. The van der Waals surface area contributed by atoms with Gasteiger partial charge in [-0.2, -0.15) is 0 Å². The van der Waals surface area contributed by atoms with Gasteiger partial charge in [-0.25, -0.2) is 9.97 Å². The first kappa shape index (κ1) is 23.5. The van der Waals surface area contributed by atoms with Crippen LogP contribution in [-0.4, -0.2) is 38.2 Å². The third-order valence-electron chi connectivity index (χ3n) is 2.17. The molecule has 0 aromatic carbocycles. The molecule has 3 N–H and O–H groups in total. The maximum absolute atomic E-state index is 9.04. The largest absolute Gasteiger partial charge is 0.397 e. The molecule has 0 unspecified atom stereocenters. The molecule has 25 heavy (non-hydrogen) atoms. The zero-order valence-corrected chi connectivity index (χ0v) is 17.4. The Balaban J connectivity index is 0.000000345. The Hall–Kier alpha value is -1.48. The summed E-state index contributed by atoms with van der Waals surface area (Å²) in [6.45, 7) is 1.93. The summed E-state index contributed by atoms with van der Waals surface area (Å²) < 4.78 is 3.98. The van der Waals surface area contributed by atoms with Crippen LogP contribution in [0.3, 0.4) is 0 Å². The summed E-state index contributed by atoms with van der Waals surface area (Å²) in [5, 5.41) is 7.57. The minimum atomic E-state index is 0.111. The SMILES string of the molecule is Brc1ccc2nccn2c1.CCO.Nc1ccc(Br)cn1.O=CCCl. The molecule has 0 fully saturated rings. The lowest BCUT2D eigenvalue weighted by Gasteiger charge is -1.91. The van der Waals surface area contributed by atoms with E-state index in [-0.39, 0.29) is 12.5 Å². The minimum absolute atomic E-state index is 0.111. The number of carbonyl (C=O) groups is 1. The van der Waals surface area contributed by atoms with Gasteiger partial charge in [-0.05, 0) is 63.0 Å². The molecule has 0 amide bonds. The van der Waals surface area contributed by atoms with E-state index < -0.39 is 0 Å². The van der Waals surface area contributed by atoms with Crippen molar-refractivity contribution in [1.82, 2.24) is 14.4 Å². The van der Waals surface area contributed by atoms with Crippen molar-refractivity contribution in [1.29, 1.82) is 0 Å². The van der Waals surface area contributed by atoms with E-state index in [4.69, 9.17) is 27.2 Å². The number of anilines is 1. The molecule has 3 rings (SSSR count). The average molecular weight is 495 g/mol. The summed E-state index contributed by atoms with van der Waals surface area (Å²) in [4.78, 5) is 17.0. The van der Waals surface area contributed by atoms with Crippen molar-refractivity contribution in [2.75, 3.05) is 18.2 Å². The molecule has 136 valence electrons. The van der Waals surface area contributed by atoms with E-state index in [9.17, 15) is 0 Å². The highest BCUT2D eigenvalue weighted by atomic mass is 79.9. The summed E-state index contributed by atoms with van der Waals surface area (Å²) in [6, 6.07) is 7.53. The number of pyridine rings is 2. The molecular weight excluding hydrogens is 475 g/mol. The molecule has 3 aromatic rings. The number of rotatable bonds is 1. The van der Waals surface area contributed by atoms with Crippen molar-refractivity contribution in [3.8, 4) is 0 Å². The maximum Gasteiger partial charge on any atom is 0.136 e. The second kappa shape index (κ2) is 14.8. The Bertz CT molecular complexity index is 702.